The van der Waals surface area contributed by atoms with Gasteiger partial charge in [0, 0.05) is 25.5 Å². The summed E-state index contributed by atoms with van der Waals surface area (Å²) in [5.74, 6) is 0.598. The van der Waals surface area contributed by atoms with Gasteiger partial charge in [-0.15, -0.1) is 0 Å². The Morgan fingerprint density at radius 1 is 1.57 bits per heavy atom. The highest BCUT2D eigenvalue weighted by Gasteiger charge is 2.13. The molecule has 1 aliphatic rings. The van der Waals surface area contributed by atoms with Gasteiger partial charge in [-0.2, -0.15) is 0 Å². The van der Waals surface area contributed by atoms with Gasteiger partial charge >= 0.3 is 0 Å². The van der Waals surface area contributed by atoms with Crippen molar-refractivity contribution in [2.45, 2.75) is 38.3 Å². The number of nitrogens with zero attached hydrogens (tertiary/aromatic N) is 2. The molecule has 4 nitrogen and oxygen atoms in total. The molecule has 0 saturated carbocycles. The van der Waals surface area contributed by atoms with Gasteiger partial charge in [0.1, 0.15) is 0 Å². The van der Waals surface area contributed by atoms with Crippen molar-refractivity contribution in [3.05, 3.63) is 12.4 Å². The predicted molar refractivity (Wildman–Crippen MR) is 54.8 cm³/mol. The van der Waals surface area contributed by atoms with Gasteiger partial charge in [-0.25, -0.2) is 4.98 Å². The maximum Gasteiger partial charge on any atom is 0.200 e. The van der Waals surface area contributed by atoms with Crippen LogP contribution in [-0.4, -0.2) is 22.3 Å². The van der Waals surface area contributed by atoms with Gasteiger partial charge in [0.25, 0.3) is 0 Å². The van der Waals surface area contributed by atoms with Crippen LogP contribution in [0.4, 0.5) is 5.95 Å². The number of aromatic nitrogens is 2. The fourth-order valence-electron chi connectivity index (χ4n) is 1.85. The summed E-state index contributed by atoms with van der Waals surface area (Å²) in [4.78, 5) is 3.98. The molecular formula is C10H17N3O. The van der Waals surface area contributed by atoms with Crippen molar-refractivity contribution >= 4 is 5.95 Å². The Kier molecular flexibility index (Phi) is 3.03. The quantitative estimate of drug-likeness (QED) is 0.793. The van der Waals surface area contributed by atoms with Crippen LogP contribution in [0.15, 0.2) is 12.4 Å². The molecule has 78 valence electrons. The second-order valence-corrected chi connectivity index (χ2v) is 3.76. The van der Waals surface area contributed by atoms with Crippen molar-refractivity contribution in [1.82, 2.24) is 9.55 Å². The van der Waals surface area contributed by atoms with Gasteiger partial charge < -0.3 is 15.0 Å². The minimum absolute atomic E-state index is 0.422. The van der Waals surface area contributed by atoms with E-state index in [2.05, 4.69) is 4.98 Å². The lowest BCUT2D eigenvalue weighted by molar-refractivity contribution is 0.00890. The molecular weight excluding hydrogens is 178 g/mol. The maximum atomic E-state index is 5.67. The SMILES string of the molecule is Nc1nccn1CCC1CCCCO1. The molecule has 0 aromatic carbocycles. The lowest BCUT2D eigenvalue weighted by Crippen LogP contribution is -2.21. The molecule has 0 radical (unpaired) electrons. The van der Waals surface area contributed by atoms with Crippen molar-refractivity contribution in [3.63, 3.8) is 0 Å². The van der Waals surface area contributed by atoms with Crippen LogP contribution in [0, 0.1) is 0 Å². The van der Waals surface area contributed by atoms with Gasteiger partial charge in [-0.3, -0.25) is 0 Å². The Balaban J connectivity index is 1.79. The Labute approximate surface area is 84.1 Å². The summed E-state index contributed by atoms with van der Waals surface area (Å²) in [7, 11) is 0. The maximum absolute atomic E-state index is 5.67. The van der Waals surface area contributed by atoms with Crippen LogP contribution in [0.1, 0.15) is 25.7 Å². The second-order valence-electron chi connectivity index (χ2n) is 3.76. The largest absolute Gasteiger partial charge is 0.378 e. The fourth-order valence-corrected chi connectivity index (χ4v) is 1.85. The summed E-state index contributed by atoms with van der Waals surface area (Å²) in [6.45, 7) is 1.83. The van der Waals surface area contributed by atoms with Gasteiger partial charge in [0.15, 0.2) is 5.95 Å². The molecule has 2 heterocycles. The van der Waals surface area contributed by atoms with Crippen molar-refractivity contribution in [1.29, 1.82) is 0 Å². The van der Waals surface area contributed by atoms with Crippen molar-refractivity contribution in [2.75, 3.05) is 12.3 Å². The number of aryl methyl sites for hydroxylation is 1. The summed E-state index contributed by atoms with van der Waals surface area (Å²) in [6.07, 6.45) is 8.81. The predicted octanol–water partition coefficient (Wildman–Crippen LogP) is 1.42. The normalized spacial score (nSPS) is 22.4. The van der Waals surface area contributed by atoms with E-state index >= 15 is 0 Å². The molecule has 0 amide bonds. The van der Waals surface area contributed by atoms with Crippen LogP contribution in [-0.2, 0) is 11.3 Å². The molecule has 0 bridgehead atoms. The number of nitrogens with two attached hydrogens (primary N) is 1. The first-order chi connectivity index (χ1) is 6.86. The third kappa shape index (κ3) is 2.26. The molecule has 1 aromatic heterocycles. The summed E-state index contributed by atoms with van der Waals surface area (Å²) >= 11 is 0. The van der Waals surface area contributed by atoms with Crippen LogP contribution in [0.25, 0.3) is 0 Å². The van der Waals surface area contributed by atoms with Crippen LogP contribution in [0.5, 0.6) is 0 Å². The average molecular weight is 195 g/mol. The molecule has 14 heavy (non-hydrogen) atoms. The molecule has 2 N–H and O–H groups in total. The lowest BCUT2D eigenvalue weighted by atomic mass is 10.1. The standard InChI is InChI=1S/C10H17N3O/c11-10-12-5-7-13(10)6-4-9-3-1-2-8-14-9/h5,7,9H,1-4,6,8H2,(H2,11,12). The zero-order chi connectivity index (χ0) is 9.80. The van der Waals surface area contributed by atoms with Crippen molar-refractivity contribution in [2.24, 2.45) is 0 Å². The van der Waals surface area contributed by atoms with E-state index in [0.29, 0.717) is 12.1 Å². The zero-order valence-corrected chi connectivity index (χ0v) is 8.35. The van der Waals surface area contributed by atoms with Gasteiger partial charge in [-0.05, 0) is 25.7 Å². The first-order valence-electron chi connectivity index (χ1n) is 5.24. The molecule has 1 aromatic rings. The monoisotopic (exact) mass is 195 g/mol. The summed E-state index contributed by atoms with van der Waals surface area (Å²) in [5, 5.41) is 0. The molecule has 1 aliphatic heterocycles. The number of hydrogen-bond acceptors (Lipinski definition) is 3. The smallest absolute Gasteiger partial charge is 0.200 e. The molecule has 1 unspecified atom stereocenters. The van der Waals surface area contributed by atoms with E-state index in [1.807, 2.05) is 10.8 Å². The molecule has 1 fully saturated rings. The number of rotatable bonds is 3. The van der Waals surface area contributed by atoms with Crippen LogP contribution in [0.2, 0.25) is 0 Å². The van der Waals surface area contributed by atoms with Crippen molar-refractivity contribution in [3.8, 4) is 0 Å². The second kappa shape index (κ2) is 4.46. The first-order valence-corrected chi connectivity index (χ1v) is 5.24. The highest BCUT2D eigenvalue weighted by molar-refractivity contribution is 5.16. The number of anilines is 1. The van der Waals surface area contributed by atoms with Gasteiger partial charge in [0.05, 0.1) is 6.10 Å². The number of ether oxygens (including phenoxy) is 1. The Bertz CT molecular complexity index is 279. The lowest BCUT2D eigenvalue weighted by Gasteiger charge is -2.22. The van der Waals surface area contributed by atoms with Crippen LogP contribution < -0.4 is 5.73 Å². The third-order valence-corrected chi connectivity index (χ3v) is 2.71. The number of hydrogen-bond donors (Lipinski definition) is 1. The first kappa shape index (κ1) is 9.52. The van der Waals surface area contributed by atoms with E-state index in [-0.39, 0.29) is 0 Å². The Morgan fingerprint density at radius 2 is 2.50 bits per heavy atom. The van der Waals surface area contributed by atoms with E-state index in [1.165, 1.54) is 19.3 Å². The Morgan fingerprint density at radius 3 is 3.14 bits per heavy atom. The zero-order valence-electron chi connectivity index (χ0n) is 8.35. The molecule has 1 atom stereocenters. The molecule has 2 rings (SSSR count). The molecule has 0 aliphatic carbocycles. The number of nitrogen functional groups attached to an aromatic ring is 1. The minimum atomic E-state index is 0.422. The van der Waals surface area contributed by atoms with Crippen molar-refractivity contribution < 1.29 is 4.74 Å². The highest BCUT2D eigenvalue weighted by atomic mass is 16.5. The highest BCUT2D eigenvalue weighted by Crippen LogP contribution is 2.16. The average Bonchev–Trinajstić information content (AvgIpc) is 2.63. The van der Waals surface area contributed by atoms with Gasteiger partial charge in [-0.1, -0.05) is 0 Å². The van der Waals surface area contributed by atoms with E-state index in [4.69, 9.17) is 10.5 Å². The fraction of sp³-hybridized carbons (Fsp3) is 0.700. The number of imidazole rings is 1. The topological polar surface area (TPSA) is 53.1 Å². The van der Waals surface area contributed by atoms with E-state index < -0.39 is 0 Å². The summed E-state index contributed by atoms with van der Waals surface area (Å²) in [5.41, 5.74) is 5.67. The van der Waals surface area contributed by atoms with Crippen LogP contribution >= 0.6 is 0 Å². The molecule has 1 saturated heterocycles. The van der Waals surface area contributed by atoms with Crippen LogP contribution in [0.3, 0.4) is 0 Å². The van der Waals surface area contributed by atoms with E-state index in [0.717, 1.165) is 19.6 Å². The summed E-state index contributed by atoms with van der Waals surface area (Å²) in [6, 6.07) is 0. The van der Waals surface area contributed by atoms with Gasteiger partial charge in [0.2, 0.25) is 0 Å². The molecule has 0 spiro atoms. The van der Waals surface area contributed by atoms with E-state index in [1.54, 1.807) is 6.20 Å². The van der Waals surface area contributed by atoms with E-state index in [9.17, 15) is 0 Å². The summed E-state index contributed by atoms with van der Waals surface area (Å²) < 4.78 is 7.61. The minimum Gasteiger partial charge on any atom is -0.378 e. The Hall–Kier alpha value is -1.03. The third-order valence-electron chi connectivity index (χ3n) is 2.71. The molecule has 4 heteroatoms.